The van der Waals surface area contributed by atoms with Gasteiger partial charge in [-0.05, 0) is 23.8 Å². The lowest BCUT2D eigenvalue weighted by Gasteiger charge is -2.17. The first kappa shape index (κ1) is 17.4. The summed E-state index contributed by atoms with van der Waals surface area (Å²) in [5.41, 5.74) is 0.745. The van der Waals surface area contributed by atoms with Crippen LogP contribution in [0.3, 0.4) is 0 Å². The first-order valence-corrected chi connectivity index (χ1v) is 8.26. The Kier molecular flexibility index (Phi) is 5.06. The molecular formula is C16H15Cl2N5O2. The molecule has 1 aliphatic heterocycles. The molecule has 0 saturated carbocycles. The van der Waals surface area contributed by atoms with Crippen LogP contribution in [0, 0.1) is 0 Å². The van der Waals surface area contributed by atoms with E-state index in [1.54, 1.807) is 43.7 Å². The molecule has 25 heavy (non-hydrogen) atoms. The van der Waals surface area contributed by atoms with E-state index < -0.39 is 6.04 Å². The normalized spacial score (nSPS) is 17.1. The van der Waals surface area contributed by atoms with Crippen LogP contribution in [-0.4, -0.2) is 46.4 Å². The first-order valence-electron chi connectivity index (χ1n) is 7.50. The fourth-order valence-corrected chi connectivity index (χ4v) is 2.99. The van der Waals surface area contributed by atoms with Gasteiger partial charge in [-0.1, -0.05) is 29.3 Å². The largest absolute Gasteiger partial charge is 0.350 e. The number of hydrogen-bond donors (Lipinski definition) is 1. The van der Waals surface area contributed by atoms with Crippen LogP contribution < -0.4 is 10.2 Å². The number of amides is 3. The maximum Gasteiger partial charge on any atom is 0.327 e. The number of carbonyl (C=O) groups is 2. The van der Waals surface area contributed by atoms with Crippen LogP contribution in [0.5, 0.6) is 0 Å². The molecule has 1 aliphatic rings. The number of nitrogens with one attached hydrogen (secondary N) is 1. The number of anilines is 1. The molecule has 0 radical (unpaired) electrons. The summed E-state index contributed by atoms with van der Waals surface area (Å²) in [7, 11) is 1.57. The lowest BCUT2D eigenvalue weighted by molar-refractivity contribution is -0.124. The molecular weight excluding hydrogens is 365 g/mol. The lowest BCUT2D eigenvalue weighted by atomic mass is 10.2. The Bertz CT molecular complexity index is 802. The molecule has 0 aliphatic carbocycles. The summed E-state index contributed by atoms with van der Waals surface area (Å²) in [6.07, 6.45) is 3.09. The maximum atomic E-state index is 12.5. The van der Waals surface area contributed by atoms with Crippen molar-refractivity contribution in [1.82, 2.24) is 20.2 Å². The molecule has 0 bridgehead atoms. The zero-order valence-corrected chi connectivity index (χ0v) is 14.8. The average Bonchev–Trinajstić information content (AvgIpc) is 2.90. The summed E-state index contributed by atoms with van der Waals surface area (Å²) in [6, 6.07) is 5.77. The summed E-state index contributed by atoms with van der Waals surface area (Å²) >= 11 is 12.0. The standard InChI is InChI=1S/C16H15Cl2N5O2/c1-22-13(9-23(16(22)25)15-19-5-2-6-20-15)14(24)21-8-10-3-4-11(17)7-12(10)18/h2-7,13H,8-9H2,1H3,(H,21,24). The van der Waals surface area contributed by atoms with Gasteiger partial charge in [0.2, 0.25) is 11.9 Å². The van der Waals surface area contributed by atoms with Crippen molar-refractivity contribution in [3.05, 3.63) is 52.3 Å². The summed E-state index contributed by atoms with van der Waals surface area (Å²) in [5.74, 6) is -0.00399. The second-order valence-corrected chi connectivity index (χ2v) is 6.37. The molecule has 1 aromatic heterocycles. The van der Waals surface area contributed by atoms with Crippen molar-refractivity contribution in [3.8, 4) is 0 Å². The van der Waals surface area contributed by atoms with Gasteiger partial charge in [-0.2, -0.15) is 0 Å². The van der Waals surface area contributed by atoms with Crippen molar-refractivity contribution < 1.29 is 9.59 Å². The highest BCUT2D eigenvalue weighted by molar-refractivity contribution is 6.35. The maximum absolute atomic E-state index is 12.5. The van der Waals surface area contributed by atoms with Crippen molar-refractivity contribution >= 4 is 41.1 Å². The van der Waals surface area contributed by atoms with Gasteiger partial charge in [-0.3, -0.25) is 9.69 Å². The van der Waals surface area contributed by atoms with Gasteiger partial charge >= 0.3 is 6.03 Å². The van der Waals surface area contributed by atoms with Crippen LogP contribution in [0.1, 0.15) is 5.56 Å². The second kappa shape index (κ2) is 7.25. The third kappa shape index (κ3) is 3.67. The molecule has 1 saturated heterocycles. The molecule has 3 amide bonds. The minimum absolute atomic E-state index is 0.180. The van der Waals surface area contributed by atoms with E-state index in [-0.39, 0.29) is 31.0 Å². The Balaban J connectivity index is 1.67. The van der Waals surface area contributed by atoms with E-state index in [1.165, 1.54) is 9.80 Å². The van der Waals surface area contributed by atoms with Gasteiger partial charge in [0.25, 0.3) is 0 Å². The summed E-state index contributed by atoms with van der Waals surface area (Å²) in [5, 5.41) is 3.80. The highest BCUT2D eigenvalue weighted by Crippen LogP contribution is 2.22. The number of rotatable bonds is 4. The topological polar surface area (TPSA) is 78.4 Å². The predicted molar refractivity (Wildman–Crippen MR) is 94.6 cm³/mol. The van der Waals surface area contributed by atoms with Gasteiger partial charge < -0.3 is 10.2 Å². The van der Waals surface area contributed by atoms with Crippen LogP contribution in [0.2, 0.25) is 10.0 Å². The molecule has 1 aromatic carbocycles. The predicted octanol–water partition coefficient (Wildman–Crippen LogP) is 2.34. The van der Waals surface area contributed by atoms with Crippen LogP contribution in [0.4, 0.5) is 10.7 Å². The molecule has 9 heteroatoms. The van der Waals surface area contributed by atoms with E-state index in [1.807, 2.05) is 0 Å². The van der Waals surface area contributed by atoms with Crippen LogP contribution >= 0.6 is 23.2 Å². The van der Waals surface area contributed by atoms with Gasteiger partial charge in [-0.25, -0.2) is 14.8 Å². The average molecular weight is 380 g/mol. The Morgan fingerprint density at radius 1 is 1.32 bits per heavy atom. The Morgan fingerprint density at radius 2 is 2.04 bits per heavy atom. The second-order valence-electron chi connectivity index (χ2n) is 5.52. The highest BCUT2D eigenvalue weighted by Gasteiger charge is 2.40. The number of nitrogens with zero attached hydrogens (tertiary/aromatic N) is 4. The number of hydrogen-bond acceptors (Lipinski definition) is 4. The molecule has 1 unspecified atom stereocenters. The van der Waals surface area contributed by atoms with Crippen molar-refractivity contribution in [2.45, 2.75) is 12.6 Å². The molecule has 130 valence electrons. The number of carbonyl (C=O) groups excluding carboxylic acids is 2. The molecule has 7 nitrogen and oxygen atoms in total. The molecule has 2 heterocycles. The number of benzene rings is 1. The smallest absolute Gasteiger partial charge is 0.327 e. The lowest BCUT2D eigenvalue weighted by Crippen LogP contribution is -2.43. The minimum Gasteiger partial charge on any atom is -0.350 e. The Hall–Kier alpha value is -2.38. The molecule has 1 N–H and O–H groups in total. The third-order valence-corrected chi connectivity index (χ3v) is 4.51. The van der Waals surface area contributed by atoms with E-state index in [9.17, 15) is 9.59 Å². The van der Waals surface area contributed by atoms with Gasteiger partial charge in [0.15, 0.2) is 0 Å². The third-order valence-electron chi connectivity index (χ3n) is 3.92. The Morgan fingerprint density at radius 3 is 2.72 bits per heavy atom. The van der Waals surface area contributed by atoms with Crippen molar-refractivity contribution in [1.29, 1.82) is 0 Å². The van der Waals surface area contributed by atoms with E-state index >= 15 is 0 Å². The zero-order chi connectivity index (χ0) is 18.0. The quantitative estimate of drug-likeness (QED) is 0.883. The number of likely N-dealkylation sites (N-methyl/N-ethyl adjacent to an activating group) is 1. The van der Waals surface area contributed by atoms with E-state index in [2.05, 4.69) is 15.3 Å². The summed E-state index contributed by atoms with van der Waals surface area (Å²) in [6.45, 7) is 0.425. The fourth-order valence-electron chi connectivity index (χ4n) is 2.52. The monoisotopic (exact) mass is 379 g/mol. The van der Waals surface area contributed by atoms with Gasteiger partial charge in [0, 0.05) is 36.0 Å². The van der Waals surface area contributed by atoms with E-state index in [4.69, 9.17) is 23.2 Å². The van der Waals surface area contributed by atoms with Crippen molar-refractivity contribution in [2.75, 3.05) is 18.5 Å². The van der Waals surface area contributed by atoms with Gasteiger partial charge in [0.1, 0.15) is 6.04 Å². The molecule has 2 aromatic rings. The highest BCUT2D eigenvalue weighted by atomic mass is 35.5. The minimum atomic E-state index is -0.637. The van der Waals surface area contributed by atoms with Gasteiger partial charge in [0.05, 0.1) is 6.54 Å². The number of aromatic nitrogens is 2. The summed E-state index contributed by atoms with van der Waals surface area (Å²) in [4.78, 5) is 35.7. The van der Waals surface area contributed by atoms with Crippen LogP contribution in [0.25, 0.3) is 0 Å². The molecule has 0 spiro atoms. The fraction of sp³-hybridized carbons (Fsp3) is 0.250. The zero-order valence-electron chi connectivity index (χ0n) is 13.3. The number of halogens is 2. The van der Waals surface area contributed by atoms with E-state index in [0.29, 0.717) is 10.0 Å². The molecule has 3 rings (SSSR count). The Labute approximate surface area is 154 Å². The van der Waals surface area contributed by atoms with Crippen LogP contribution in [-0.2, 0) is 11.3 Å². The number of urea groups is 1. The van der Waals surface area contributed by atoms with E-state index in [0.717, 1.165) is 5.56 Å². The van der Waals surface area contributed by atoms with Gasteiger partial charge in [-0.15, -0.1) is 0 Å². The van der Waals surface area contributed by atoms with Crippen LogP contribution in [0.15, 0.2) is 36.7 Å². The molecule has 1 atom stereocenters. The first-order chi connectivity index (χ1) is 12.0. The summed E-state index contributed by atoms with van der Waals surface area (Å²) < 4.78 is 0. The molecule has 1 fully saturated rings. The van der Waals surface area contributed by atoms with Crippen molar-refractivity contribution in [3.63, 3.8) is 0 Å². The van der Waals surface area contributed by atoms with Crippen molar-refractivity contribution in [2.24, 2.45) is 0 Å². The SMILES string of the molecule is CN1C(=O)N(c2ncccn2)CC1C(=O)NCc1ccc(Cl)cc1Cl.